The van der Waals surface area contributed by atoms with Gasteiger partial charge in [0.2, 0.25) is 10.0 Å². The fraction of sp³-hybridized carbons (Fsp3) is 0.292. The van der Waals surface area contributed by atoms with Crippen molar-refractivity contribution in [1.29, 1.82) is 0 Å². The molecule has 1 aromatic heterocycles. The van der Waals surface area contributed by atoms with Gasteiger partial charge in [-0.25, -0.2) is 13.1 Å². The molecule has 1 saturated heterocycles. The van der Waals surface area contributed by atoms with Crippen molar-refractivity contribution in [2.75, 3.05) is 32.7 Å². The Bertz CT molecular complexity index is 1120. The van der Waals surface area contributed by atoms with Gasteiger partial charge < -0.3 is 4.90 Å². The standard InChI is InChI=1S/C24H27N3O3S2/c28-24(27-15-13-26(14-16-27)12-11-20-6-2-1-3-7-20)21-8-4-10-23(18-21)32(29,30)25-19-22-9-5-17-31-22/h1-10,17-18,25H,11-16,19H2. The number of piperazine rings is 1. The molecule has 0 saturated carbocycles. The third-order valence-corrected chi connectivity index (χ3v) is 7.90. The van der Waals surface area contributed by atoms with Gasteiger partial charge >= 0.3 is 0 Å². The maximum absolute atomic E-state index is 13.0. The highest BCUT2D eigenvalue weighted by Crippen LogP contribution is 2.16. The fourth-order valence-corrected chi connectivity index (χ4v) is 5.54. The maximum atomic E-state index is 13.0. The monoisotopic (exact) mass is 469 g/mol. The van der Waals surface area contributed by atoms with Crippen LogP contribution in [0.15, 0.2) is 77.0 Å². The highest BCUT2D eigenvalue weighted by molar-refractivity contribution is 7.89. The summed E-state index contributed by atoms with van der Waals surface area (Å²) in [7, 11) is -3.69. The lowest BCUT2D eigenvalue weighted by Crippen LogP contribution is -2.49. The molecule has 0 radical (unpaired) electrons. The Morgan fingerprint density at radius 2 is 1.72 bits per heavy atom. The normalized spacial score (nSPS) is 15.1. The van der Waals surface area contributed by atoms with Crippen molar-refractivity contribution in [3.63, 3.8) is 0 Å². The van der Waals surface area contributed by atoms with Crippen molar-refractivity contribution in [3.8, 4) is 0 Å². The molecule has 2 aromatic carbocycles. The summed E-state index contributed by atoms with van der Waals surface area (Å²) in [5, 5.41) is 1.91. The molecule has 1 fully saturated rings. The van der Waals surface area contributed by atoms with Gasteiger partial charge in [0.05, 0.1) is 4.90 Å². The van der Waals surface area contributed by atoms with E-state index in [1.807, 2.05) is 28.5 Å². The smallest absolute Gasteiger partial charge is 0.253 e. The second-order valence-electron chi connectivity index (χ2n) is 7.80. The van der Waals surface area contributed by atoms with Crippen LogP contribution in [-0.2, 0) is 23.0 Å². The largest absolute Gasteiger partial charge is 0.336 e. The molecular weight excluding hydrogens is 442 g/mol. The van der Waals surface area contributed by atoms with Gasteiger partial charge in [0.1, 0.15) is 0 Å². The molecule has 2 heterocycles. The van der Waals surface area contributed by atoms with Crippen LogP contribution in [-0.4, -0.2) is 56.8 Å². The second-order valence-corrected chi connectivity index (χ2v) is 10.6. The van der Waals surface area contributed by atoms with E-state index in [9.17, 15) is 13.2 Å². The molecule has 3 aromatic rings. The molecule has 0 spiro atoms. The summed E-state index contributed by atoms with van der Waals surface area (Å²) < 4.78 is 28.0. The minimum Gasteiger partial charge on any atom is -0.336 e. The Morgan fingerprint density at radius 3 is 2.44 bits per heavy atom. The molecule has 6 nitrogen and oxygen atoms in total. The van der Waals surface area contributed by atoms with Crippen LogP contribution in [0.4, 0.5) is 0 Å². The lowest BCUT2D eigenvalue weighted by molar-refractivity contribution is 0.0638. The molecule has 0 aliphatic carbocycles. The van der Waals surface area contributed by atoms with Crippen LogP contribution in [0.2, 0.25) is 0 Å². The van der Waals surface area contributed by atoms with Crippen molar-refractivity contribution in [2.45, 2.75) is 17.9 Å². The average Bonchev–Trinajstić information content (AvgIpc) is 3.36. The molecule has 0 unspecified atom stereocenters. The fourth-order valence-electron chi connectivity index (χ4n) is 3.75. The van der Waals surface area contributed by atoms with Crippen molar-refractivity contribution >= 4 is 27.3 Å². The summed E-state index contributed by atoms with van der Waals surface area (Å²) in [6, 6.07) is 20.5. The first-order chi connectivity index (χ1) is 15.5. The van der Waals surface area contributed by atoms with Gasteiger partial charge in [-0.05, 0) is 41.6 Å². The molecule has 32 heavy (non-hydrogen) atoms. The van der Waals surface area contributed by atoms with E-state index in [0.29, 0.717) is 18.7 Å². The second kappa shape index (κ2) is 10.4. The molecule has 4 rings (SSSR count). The molecule has 168 valence electrons. The van der Waals surface area contributed by atoms with E-state index in [1.54, 1.807) is 12.1 Å². The van der Waals surface area contributed by atoms with Crippen molar-refractivity contribution in [1.82, 2.24) is 14.5 Å². The summed E-state index contributed by atoms with van der Waals surface area (Å²) in [5.74, 6) is -0.122. The molecule has 0 atom stereocenters. The summed E-state index contributed by atoms with van der Waals surface area (Å²) in [6.45, 7) is 4.12. The molecule has 0 bridgehead atoms. The third kappa shape index (κ3) is 5.83. The maximum Gasteiger partial charge on any atom is 0.253 e. The number of thiophene rings is 1. The average molecular weight is 470 g/mol. The molecule has 1 amide bonds. The lowest BCUT2D eigenvalue weighted by atomic mass is 10.1. The molecular formula is C24H27N3O3S2. The highest BCUT2D eigenvalue weighted by atomic mass is 32.2. The zero-order valence-corrected chi connectivity index (χ0v) is 19.4. The van der Waals surface area contributed by atoms with Gasteiger partial charge in [0.25, 0.3) is 5.91 Å². The summed E-state index contributed by atoms with van der Waals surface area (Å²) >= 11 is 1.50. The van der Waals surface area contributed by atoms with E-state index in [1.165, 1.54) is 29.0 Å². The van der Waals surface area contributed by atoms with Crippen LogP contribution in [0.25, 0.3) is 0 Å². The Morgan fingerprint density at radius 1 is 0.938 bits per heavy atom. The third-order valence-electron chi connectivity index (χ3n) is 5.63. The van der Waals surface area contributed by atoms with Gasteiger partial charge in [-0.2, -0.15) is 0 Å². The van der Waals surface area contributed by atoms with Crippen molar-refractivity contribution in [3.05, 3.63) is 88.1 Å². The number of amides is 1. The molecule has 1 N–H and O–H groups in total. The summed E-state index contributed by atoms with van der Waals surface area (Å²) in [4.78, 5) is 18.2. The quantitative estimate of drug-likeness (QED) is 0.550. The van der Waals surface area contributed by atoms with Crippen LogP contribution >= 0.6 is 11.3 Å². The predicted octanol–water partition coefficient (Wildman–Crippen LogP) is 3.23. The van der Waals surface area contributed by atoms with Crippen LogP contribution in [0.1, 0.15) is 20.8 Å². The number of hydrogen-bond donors (Lipinski definition) is 1. The van der Waals surface area contributed by atoms with E-state index in [4.69, 9.17) is 0 Å². The first-order valence-corrected chi connectivity index (χ1v) is 13.1. The van der Waals surface area contributed by atoms with E-state index >= 15 is 0 Å². The topological polar surface area (TPSA) is 69.7 Å². The first-order valence-electron chi connectivity index (χ1n) is 10.7. The molecule has 8 heteroatoms. The number of nitrogens with one attached hydrogen (secondary N) is 1. The van der Waals surface area contributed by atoms with Crippen molar-refractivity contribution < 1.29 is 13.2 Å². The molecule has 1 aliphatic rings. The first kappa shape index (κ1) is 22.7. The van der Waals surface area contributed by atoms with E-state index in [0.717, 1.165) is 30.9 Å². The number of hydrogen-bond acceptors (Lipinski definition) is 5. The zero-order valence-electron chi connectivity index (χ0n) is 17.8. The van der Waals surface area contributed by atoms with E-state index in [-0.39, 0.29) is 17.3 Å². The Kier molecular flexibility index (Phi) is 7.36. The minimum absolute atomic E-state index is 0.112. The SMILES string of the molecule is O=C(c1cccc(S(=O)(=O)NCc2cccs2)c1)N1CCN(CCc2ccccc2)CC1. The van der Waals surface area contributed by atoms with Crippen LogP contribution in [0, 0.1) is 0 Å². The number of benzene rings is 2. The van der Waals surface area contributed by atoms with Gasteiger partial charge in [-0.3, -0.25) is 9.69 Å². The zero-order chi connectivity index (χ0) is 22.4. The summed E-state index contributed by atoms with van der Waals surface area (Å²) in [6.07, 6.45) is 0.993. The van der Waals surface area contributed by atoms with E-state index < -0.39 is 10.0 Å². The van der Waals surface area contributed by atoms with Crippen LogP contribution in [0.3, 0.4) is 0 Å². The summed E-state index contributed by atoms with van der Waals surface area (Å²) in [5.41, 5.74) is 1.72. The number of carbonyl (C=O) groups is 1. The van der Waals surface area contributed by atoms with Gasteiger partial charge in [0.15, 0.2) is 0 Å². The Labute approximate surface area is 193 Å². The minimum atomic E-state index is -3.69. The predicted molar refractivity (Wildman–Crippen MR) is 127 cm³/mol. The van der Waals surface area contributed by atoms with Gasteiger partial charge in [0, 0.05) is 49.7 Å². The number of nitrogens with zero attached hydrogens (tertiary/aromatic N) is 2. The van der Waals surface area contributed by atoms with Crippen LogP contribution < -0.4 is 4.72 Å². The number of sulfonamides is 1. The Balaban J connectivity index is 1.32. The highest BCUT2D eigenvalue weighted by Gasteiger charge is 2.23. The van der Waals surface area contributed by atoms with Crippen molar-refractivity contribution in [2.24, 2.45) is 0 Å². The van der Waals surface area contributed by atoms with Gasteiger partial charge in [-0.15, -0.1) is 11.3 Å². The molecule has 1 aliphatic heterocycles. The Hall–Kier alpha value is -2.52. The van der Waals surface area contributed by atoms with Crippen LogP contribution in [0.5, 0.6) is 0 Å². The van der Waals surface area contributed by atoms with E-state index in [2.05, 4.69) is 33.9 Å². The van der Waals surface area contributed by atoms with Gasteiger partial charge in [-0.1, -0.05) is 42.5 Å². The number of rotatable bonds is 8. The lowest BCUT2D eigenvalue weighted by Gasteiger charge is -2.34. The number of carbonyl (C=O) groups excluding carboxylic acids is 1.